The third-order valence-corrected chi connectivity index (χ3v) is 9.48. The van der Waals surface area contributed by atoms with E-state index in [0.29, 0.717) is 11.3 Å². The van der Waals surface area contributed by atoms with Crippen LogP contribution in [0, 0.1) is 0 Å². The number of ether oxygens (including phenoxy) is 1. The largest absolute Gasteiger partial charge is 0.445 e. The summed E-state index contributed by atoms with van der Waals surface area (Å²) in [6.45, 7) is 0.538. The van der Waals surface area contributed by atoms with Gasteiger partial charge in [-0.15, -0.1) is 0 Å². The third kappa shape index (κ3) is 6.91. The Balaban J connectivity index is 1.86. The lowest BCUT2D eigenvalue weighted by molar-refractivity contribution is 0.138. The number of benzene rings is 3. The number of para-hydroxylation sites is 1. The SMILES string of the molecule is CC(C)SP(=O)(Oc1ccccc1)C(NC(=O)OCc1ccccc1)c1ccccc1. The number of rotatable bonds is 9. The van der Waals surface area contributed by atoms with Crippen molar-refractivity contribution in [1.82, 2.24) is 5.32 Å². The van der Waals surface area contributed by atoms with Crippen LogP contribution in [-0.2, 0) is 15.9 Å². The Morgan fingerprint density at radius 3 is 2.03 bits per heavy atom. The lowest BCUT2D eigenvalue weighted by Crippen LogP contribution is -2.30. The molecule has 0 aliphatic heterocycles. The van der Waals surface area contributed by atoms with Crippen LogP contribution in [0.5, 0.6) is 5.75 Å². The van der Waals surface area contributed by atoms with Gasteiger partial charge in [-0.2, -0.15) is 0 Å². The maximum atomic E-state index is 14.2. The van der Waals surface area contributed by atoms with Crippen molar-refractivity contribution < 1.29 is 18.6 Å². The Hall–Kier alpha value is -2.69. The summed E-state index contributed by atoms with van der Waals surface area (Å²) in [6, 6.07) is 27.6. The van der Waals surface area contributed by atoms with Crippen LogP contribution in [-0.4, -0.2) is 11.3 Å². The summed E-state index contributed by atoms with van der Waals surface area (Å²) in [7, 11) is 0. The lowest BCUT2D eigenvalue weighted by Gasteiger charge is -2.29. The zero-order valence-electron chi connectivity index (χ0n) is 17.5. The van der Waals surface area contributed by atoms with Gasteiger partial charge in [0, 0.05) is 5.25 Å². The molecule has 162 valence electrons. The van der Waals surface area contributed by atoms with E-state index in [2.05, 4.69) is 5.32 Å². The van der Waals surface area contributed by atoms with Crippen LogP contribution in [0.3, 0.4) is 0 Å². The van der Waals surface area contributed by atoms with Crippen LogP contribution in [0.25, 0.3) is 0 Å². The second kappa shape index (κ2) is 11.1. The molecule has 3 aromatic carbocycles. The van der Waals surface area contributed by atoms with E-state index in [9.17, 15) is 9.36 Å². The van der Waals surface area contributed by atoms with Gasteiger partial charge in [-0.05, 0) is 23.3 Å². The fraction of sp³-hybridized carbons (Fsp3) is 0.208. The summed E-state index contributed by atoms with van der Waals surface area (Å²) < 4.78 is 25.6. The molecule has 0 saturated heterocycles. The maximum Gasteiger partial charge on any atom is 0.408 e. The molecule has 0 aliphatic carbocycles. The minimum Gasteiger partial charge on any atom is -0.445 e. The lowest BCUT2D eigenvalue weighted by atomic mass is 10.2. The molecule has 0 saturated carbocycles. The molecule has 1 N–H and O–H groups in total. The standard InChI is InChI=1S/C24H26NO4PS/c1-19(2)31-30(27,29-22-16-10-5-11-17-22)23(21-14-8-4-9-15-21)25-24(26)28-18-20-12-6-3-7-13-20/h3-17,19,23H,18H2,1-2H3,(H,25,26). The Labute approximate surface area is 187 Å². The highest BCUT2D eigenvalue weighted by atomic mass is 32.7. The molecule has 3 rings (SSSR count). The Morgan fingerprint density at radius 2 is 1.45 bits per heavy atom. The molecule has 0 radical (unpaired) electrons. The zero-order valence-corrected chi connectivity index (χ0v) is 19.2. The summed E-state index contributed by atoms with van der Waals surface area (Å²) in [5, 5.41) is 2.82. The molecule has 0 fully saturated rings. The summed E-state index contributed by atoms with van der Waals surface area (Å²) in [5.74, 6) is -0.385. The molecule has 0 aromatic heterocycles. The van der Waals surface area contributed by atoms with Crippen molar-refractivity contribution in [3.63, 3.8) is 0 Å². The van der Waals surface area contributed by atoms with E-state index in [1.807, 2.05) is 92.7 Å². The Kier molecular flexibility index (Phi) is 8.21. The van der Waals surface area contributed by atoms with Crippen LogP contribution in [0.15, 0.2) is 91.0 Å². The molecular weight excluding hydrogens is 429 g/mol. The van der Waals surface area contributed by atoms with E-state index in [-0.39, 0.29) is 11.9 Å². The van der Waals surface area contributed by atoms with Crippen molar-refractivity contribution in [3.05, 3.63) is 102 Å². The highest BCUT2D eigenvalue weighted by Crippen LogP contribution is 2.69. The summed E-state index contributed by atoms with van der Waals surface area (Å²) in [4.78, 5) is 12.7. The summed E-state index contributed by atoms with van der Waals surface area (Å²) >= 11 is 1.22. The van der Waals surface area contributed by atoms with Gasteiger partial charge in [-0.3, -0.25) is 4.57 Å². The summed E-state index contributed by atoms with van der Waals surface area (Å²) in [6.07, 6.45) is -0.654. The van der Waals surface area contributed by atoms with Gasteiger partial charge in [0.2, 0.25) is 0 Å². The van der Waals surface area contributed by atoms with E-state index < -0.39 is 18.4 Å². The fourth-order valence-electron chi connectivity index (χ4n) is 2.91. The molecular formula is C24H26NO4PS. The second-order valence-corrected chi connectivity index (χ2v) is 12.2. The van der Waals surface area contributed by atoms with Crippen LogP contribution < -0.4 is 9.84 Å². The van der Waals surface area contributed by atoms with Gasteiger partial charge in [-0.25, -0.2) is 4.79 Å². The average Bonchev–Trinajstić information content (AvgIpc) is 2.77. The minimum atomic E-state index is -3.47. The molecule has 7 heteroatoms. The molecule has 3 aromatic rings. The topological polar surface area (TPSA) is 64.6 Å². The molecule has 31 heavy (non-hydrogen) atoms. The van der Waals surface area contributed by atoms with E-state index in [1.165, 1.54) is 11.4 Å². The number of alkyl carbamates (subject to hydrolysis) is 1. The summed E-state index contributed by atoms with van der Waals surface area (Å²) in [5.41, 5.74) is 1.56. The predicted octanol–water partition coefficient (Wildman–Crippen LogP) is 7.03. The number of carbonyl (C=O) groups excluding carboxylic acids is 1. The predicted molar refractivity (Wildman–Crippen MR) is 126 cm³/mol. The van der Waals surface area contributed by atoms with E-state index in [0.717, 1.165) is 5.56 Å². The quantitative estimate of drug-likeness (QED) is 0.351. The van der Waals surface area contributed by atoms with E-state index in [1.54, 1.807) is 12.1 Å². The third-order valence-electron chi connectivity index (χ3n) is 4.23. The van der Waals surface area contributed by atoms with Crippen LogP contribution in [0.1, 0.15) is 30.8 Å². The van der Waals surface area contributed by atoms with Crippen molar-refractivity contribution in [1.29, 1.82) is 0 Å². The van der Waals surface area contributed by atoms with Crippen LogP contribution in [0.4, 0.5) is 4.79 Å². The first kappa shape index (κ1) is 23.0. The first-order valence-corrected chi connectivity index (χ1v) is 13.2. The van der Waals surface area contributed by atoms with Crippen LogP contribution >= 0.6 is 18.0 Å². The number of carbonyl (C=O) groups is 1. The van der Waals surface area contributed by atoms with Crippen molar-refractivity contribution in [2.75, 3.05) is 0 Å². The number of hydrogen-bond donors (Lipinski definition) is 1. The Morgan fingerprint density at radius 1 is 0.903 bits per heavy atom. The molecule has 2 atom stereocenters. The zero-order chi connectivity index (χ0) is 22.1. The highest BCUT2D eigenvalue weighted by molar-refractivity contribution is 8.57. The Bertz CT molecular complexity index is 1000. The smallest absolute Gasteiger partial charge is 0.408 e. The first-order chi connectivity index (χ1) is 15.0. The monoisotopic (exact) mass is 455 g/mol. The van der Waals surface area contributed by atoms with Crippen LogP contribution in [0.2, 0.25) is 0 Å². The van der Waals surface area contributed by atoms with Crippen molar-refractivity contribution in [3.8, 4) is 5.75 Å². The van der Waals surface area contributed by atoms with Gasteiger partial charge in [0.05, 0.1) is 0 Å². The number of hydrogen-bond acceptors (Lipinski definition) is 5. The first-order valence-electron chi connectivity index (χ1n) is 10.0. The molecule has 5 nitrogen and oxygen atoms in total. The van der Waals surface area contributed by atoms with Crippen molar-refractivity contribution in [2.24, 2.45) is 0 Å². The van der Waals surface area contributed by atoms with E-state index in [4.69, 9.17) is 9.26 Å². The molecule has 2 unspecified atom stereocenters. The van der Waals surface area contributed by atoms with Gasteiger partial charge in [0.25, 0.3) is 0 Å². The van der Waals surface area contributed by atoms with Crippen molar-refractivity contribution >= 4 is 24.0 Å². The normalized spacial score (nSPS) is 13.8. The molecule has 0 spiro atoms. The minimum absolute atomic E-state index is 0.0166. The van der Waals surface area contributed by atoms with Crippen molar-refractivity contribution in [2.45, 2.75) is 31.5 Å². The highest BCUT2D eigenvalue weighted by Gasteiger charge is 2.40. The van der Waals surface area contributed by atoms with Gasteiger partial charge in [-0.1, -0.05) is 104 Å². The fourth-order valence-corrected chi connectivity index (χ4v) is 8.03. The van der Waals surface area contributed by atoms with Gasteiger partial charge < -0.3 is 14.6 Å². The molecule has 0 bridgehead atoms. The second-order valence-electron chi connectivity index (χ2n) is 7.12. The van der Waals surface area contributed by atoms with Gasteiger partial charge in [0.15, 0.2) is 5.78 Å². The number of nitrogens with one attached hydrogen (secondary N) is 1. The van der Waals surface area contributed by atoms with E-state index >= 15 is 0 Å². The molecule has 0 heterocycles. The van der Waals surface area contributed by atoms with Gasteiger partial charge in [0.1, 0.15) is 12.4 Å². The molecule has 0 aliphatic rings. The maximum absolute atomic E-state index is 14.2. The molecule has 1 amide bonds. The average molecular weight is 456 g/mol. The van der Waals surface area contributed by atoms with Gasteiger partial charge >= 0.3 is 12.7 Å². The number of amides is 1.